The number of fused-ring (bicyclic) bond motifs is 4. The Bertz CT molecular complexity index is 4170. The second-order valence-corrected chi connectivity index (χ2v) is 36.8. The Morgan fingerprint density at radius 1 is 0.269 bits per heavy atom. The van der Waals surface area contributed by atoms with Crippen LogP contribution in [0, 0.1) is 47.3 Å². The summed E-state index contributed by atoms with van der Waals surface area (Å²) < 4.78 is 12.5. The van der Waals surface area contributed by atoms with Gasteiger partial charge in [0.15, 0.2) is 0 Å². The number of carbonyl (C=O) groups is 12. The van der Waals surface area contributed by atoms with E-state index in [0.29, 0.717) is 107 Å². The highest BCUT2D eigenvalue weighted by Crippen LogP contribution is 2.46. The van der Waals surface area contributed by atoms with E-state index in [1.807, 2.05) is 0 Å². The van der Waals surface area contributed by atoms with Crippen molar-refractivity contribution in [2.45, 2.75) is 302 Å². The van der Waals surface area contributed by atoms with E-state index >= 15 is 0 Å². The minimum Gasteiger partial charge on any atom is -0.457 e. The maximum Gasteiger partial charge on any atom is 0.261 e. The number of amides is 12. The van der Waals surface area contributed by atoms with Crippen LogP contribution in [-0.2, 0) is 19.2 Å². The van der Waals surface area contributed by atoms with E-state index in [0.717, 1.165) is 146 Å². The van der Waals surface area contributed by atoms with Crippen molar-refractivity contribution < 1.29 is 67.0 Å². The molecular formula is C99H126N6O14. The predicted octanol–water partition coefficient (Wildman–Crippen LogP) is 20.7. The van der Waals surface area contributed by atoms with E-state index in [1.165, 1.54) is 195 Å². The predicted molar refractivity (Wildman–Crippen MR) is 455 cm³/mol. The van der Waals surface area contributed by atoms with Crippen LogP contribution in [0.1, 0.15) is 373 Å². The number of nitrogens with zero attached hydrogens (tertiary/aromatic N) is 6. The molecule has 4 fully saturated rings. The second kappa shape index (κ2) is 40.9. The fraction of sp³-hybridized carbons (Fsp3) is 0.596. The number of imide groups is 6. The quantitative estimate of drug-likeness (QED) is 0.0295. The van der Waals surface area contributed by atoms with Gasteiger partial charge in [0.2, 0.25) is 0 Å². The molecule has 10 atom stereocenters. The van der Waals surface area contributed by atoms with Crippen molar-refractivity contribution in [3.8, 4) is 23.0 Å². The van der Waals surface area contributed by atoms with Gasteiger partial charge in [-0.3, -0.25) is 86.9 Å². The lowest BCUT2D eigenvalue weighted by Gasteiger charge is -2.42. The topological polar surface area (TPSA) is 243 Å². The third-order valence-electron chi connectivity index (χ3n) is 28.7. The molecule has 6 aliphatic heterocycles. The fourth-order valence-electron chi connectivity index (χ4n) is 22.1. The van der Waals surface area contributed by atoms with Crippen LogP contribution in [0.2, 0.25) is 0 Å². The van der Waals surface area contributed by atoms with Gasteiger partial charge in [-0.15, -0.1) is 0 Å². The molecule has 0 spiro atoms. The molecule has 10 unspecified atom stereocenters. The van der Waals surface area contributed by atoms with E-state index in [-0.39, 0.29) is 106 Å². The first-order valence-electron chi connectivity index (χ1n) is 46.3. The van der Waals surface area contributed by atoms with Gasteiger partial charge < -0.3 is 9.47 Å². The Labute approximate surface area is 703 Å². The SMILES string of the molecule is CC1CC(CC2CCC(N3C(=O)c4ccc(Oc5ccc6c(c5)C(=O)N(CCCCCCCCC5CCCCC5CCCCCCCCN5C(=O)C=CC5=O)C6=O)cc4C3=O)C(C)C2)CCC1N1C(=O)c2ccc(Oc3ccc4c(c3)C(=O)N(CCCCCCCCC3CCCCC3CCCCCCCCN3C(=O)C=CC3=O)C4=O)cc2C1=O. The number of carbonyl (C=O) groups excluding carboxylic acids is 12. The van der Waals surface area contributed by atoms with Crippen molar-refractivity contribution in [1.82, 2.24) is 29.4 Å². The number of unbranched alkanes of at least 4 members (excludes halogenated alkanes) is 20. The van der Waals surface area contributed by atoms with Crippen molar-refractivity contribution in [3.63, 3.8) is 0 Å². The number of rotatable bonds is 44. The van der Waals surface area contributed by atoms with Crippen molar-refractivity contribution >= 4 is 70.9 Å². The average Bonchev–Trinajstić information content (AvgIpc) is 1.62. The molecule has 4 aliphatic carbocycles. The molecule has 0 radical (unpaired) electrons. The largest absolute Gasteiger partial charge is 0.457 e. The molecular weight excluding hydrogens is 1500 g/mol. The van der Waals surface area contributed by atoms with E-state index in [4.69, 9.17) is 9.47 Å². The summed E-state index contributed by atoms with van der Waals surface area (Å²) in [5.74, 6) is 2.27. The molecule has 119 heavy (non-hydrogen) atoms. The lowest BCUT2D eigenvalue weighted by molar-refractivity contribution is -0.138. The summed E-state index contributed by atoms with van der Waals surface area (Å²) in [4.78, 5) is 167. The summed E-state index contributed by atoms with van der Waals surface area (Å²) in [6, 6.07) is 19.1. The van der Waals surface area contributed by atoms with Gasteiger partial charge in [-0.25, -0.2) is 0 Å². The van der Waals surface area contributed by atoms with Crippen molar-refractivity contribution in [1.29, 1.82) is 0 Å². The summed E-state index contributed by atoms with van der Waals surface area (Å²) in [6.07, 6.45) is 53.5. The zero-order chi connectivity index (χ0) is 83.1. The molecule has 12 amide bonds. The number of hydrogen-bond donors (Lipinski definition) is 0. The molecule has 4 saturated carbocycles. The van der Waals surface area contributed by atoms with Gasteiger partial charge >= 0.3 is 0 Å². The molecule has 6 heterocycles. The van der Waals surface area contributed by atoms with Crippen molar-refractivity contribution in [2.24, 2.45) is 47.3 Å². The molecule has 4 aromatic carbocycles. The van der Waals surface area contributed by atoms with Crippen molar-refractivity contribution in [2.75, 3.05) is 26.2 Å². The van der Waals surface area contributed by atoms with Gasteiger partial charge in [0.05, 0.1) is 44.5 Å². The Hall–Kier alpha value is -9.20. The second-order valence-electron chi connectivity index (χ2n) is 36.8. The smallest absolute Gasteiger partial charge is 0.261 e. The van der Waals surface area contributed by atoms with Gasteiger partial charge in [0, 0.05) is 62.6 Å². The first-order valence-corrected chi connectivity index (χ1v) is 46.3. The van der Waals surface area contributed by atoms with Crippen LogP contribution in [-0.4, -0.2) is 139 Å². The first kappa shape index (κ1) is 86.2. The summed E-state index contributed by atoms with van der Waals surface area (Å²) in [5.41, 5.74) is 2.50. The summed E-state index contributed by atoms with van der Waals surface area (Å²) in [7, 11) is 0. The normalized spacial score (nSPS) is 24.2. The summed E-state index contributed by atoms with van der Waals surface area (Å²) >= 11 is 0. The third kappa shape index (κ3) is 20.7. The van der Waals surface area contributed by atoms with E-state index < -0.39 is 0 Å². The van der Waals surface area contributed by atoms with Crippen molar-refractivity contribution in [3.05, 3.63) is 142 Å². The number of hydrogen-bond acceptors (Lipinski definition) is 14. The van der Waals surface area contributed by atoms with Gasteiger partial charge in [-0.1, -0.05) is 219 Å². The highest BCUT2D eigenvalue weighted by atomic mass is 16.5. The minimum absolute atomic E-state index is 0.0587. The fourth-order valence-corrected chi connectivity index (χ4v) is 22.1. The third-order valence-corrected chi connectivity index (χ3v) is 28.7. The van der Waals surface area contributed by atoms with Crippen LogP contribution in [0.15, 0.2) is 97.1 Å². The van der Waals surface area contributed by atoms with Crippen LogP contribution in [0.4, 0.5) is 0 Å². The molecule has 20 nitrogen and oxygen atoms in total. The molecule has 0 saturated heterocycles. The zero-order valence-corrected chi connectivity index (χ0v) is 70.6. The van der Waals surface area contributed by atoms with Crippen LogP contribution in [0.25, 0.3) is 0 Å². The standard InChI is InChI=1S/C99H126N6O14/c1-66-59-68(39-49-86(66)104-96(114)80-47-43-76(64-84(80)98(104)116)118-74-41-45-78-82(62-74)94(112)102(92(78)110)57-29-17-9-5-13-21-33-72-37-25-23-35-70(72)31-19-11-3-7-15-27-55-100-88(106)51-52-89(100)107)61-69-40-50-87(67(2)60-69)105-97(115)81-48-44-77(65-85(81)99(105)117)119-75-42-46-79-83(63-75)95(113)103(93(79)111)58-30-18-10-6-14-22-34-73-38-26-24-36-71(73)32-20-12-4-8-16-28-56-101-90(108)53-54-91(101)109/h41-48,51-54,62-73,86-87H,3-40,49-50,55-61H2,1-2H3. The lowest BCUT2D eigenvalue weighted by Crippen LogP contribution is -2.47. The van der Waals surface area contributed by atoms with Gasteiger partial charge in [0.1, 0.15) is 23.0 Å². The Balaban J connectivity index is 0.459. The van der Waals surface area contributed by atoms with Crippen LogP contribution < -0.4 is 9.47 Å². The van der Waals surface area contributed by atoms with E-state index in [2.05, 4.69) is 13.8 Å². The molecule has 10 aliphatic rings. The van der Waals surface area contributed by atoms with Crippen LogP contribution in [0.5, 0.6) is 23.0 Å². The van der Waals surface area contributed by atoms with Crippen LogP contribution >= 0.6 is 0 Å². The van der Waals surface area contributed by atoms with E-state index in [1.54, 1.807) is 72.8 Å². The highest BCUT2D eigenvalue weighted by molar-refractivity contribution is 6.24. The maximum absolute atomic E-state index is 14.3. The maximum atomic E-state index is 14.3. The molecule has 20 heteroatoms. The highest BCUT2D eigenvalue weighted by Gasteiger charge is 2.48. The Morgan fingerprint density at radius 2 is 0.513 bits per heavy atom. The Kier molecular flexibility index (Phi) is 29.6. The van der Waals surface area contributed by atoms with E-state index in [9.17, 15) is 57.5 Å². The lowest BCUT2D eigenvalue weighted by atomic mass is 9.70. The molecule has 0 bridgehead atoms. The molecule has 636 valence electrons. The first-order chi connectivity index (χ1) is 57.9. The average molecular weight is 1620 g/mol. The molecule has 0 N–H and O–H groups in total. The monoisotopic (exact) mass is 1620 g/mol. The van der Waals surface area contributed by atoms with Gasteiger partial charge in [-0.05, 0) is 191 Å². The molecule has 4 aromatic rings. The Morgan fingerprint density at radius 3 is 0.807 bits per heavy atom. The zero-order valence-electron chi connectivity index (χ0n) is 70.6. The van der Waals surface area contributed by atoms with Gasteiger partial charge in [0.25, 0.3) is 70.9 Å². The van der Waals surface area contributed by atoms with Gasteiger partial charge in [-0.2, -0.15) is 0 Å². The summed E-state index contributed by atoms with van der Waals surface area (Å²) in [6.45, 7) is 6.03. The molecule has 0 aromatic heterocycles. The summed E-state index contributed by atoms with van der Waals surface area (Å²) in [5, 5.41) is 0. The number of benzene rings is 4. The molecule has 14 rings (SSSR count). The number of ether oxygens (including phenoxy) is 2. The van der Waals surface area contributed by atoms with Crippen LogP contribution in [0.3, 0.4) is 0 Å². The minimum atomic E-state index is -0.346.